The van der Waals surface area contributed by atoms with E-state index in [1.165, 1.54) is 23.7 Å². The summed E-state index contributed by atoms with van der Waals surface area (Å²) < 4.78 is 64.5. The normalized spacial score (nSPS) is 22.7. The molecule has 0 radical (unpaired) electrons. The molecule has 3 rings (SSSR count). The molecular formula is C25H36F5N7O3S. The minimum atomic E-state index is -4.55. The molecule has 2 aliphatic rings. The molecule has 41 heavy (non-hydrogen) atoms. The van der Waals surface area contributed by atoms with E-state index in [4.69, 9.17) is 0 Å². The van der Waals surface area contributed by atoms with Crippen molar-refractivity contribution in [2.45, 2.75) is 55.5 Å². The standard InChI is InChI=1S/C25H36F5N7O3S/c1-4-37-22(40)20(41-23(37)19(31-3)21(39)33-14-25(28,29)30)15(2)12-32-16-6-5-7-17(34-16)35-18(38)13-36-10-8-24(26,27)9-11-36/h5-7,15,19-20,23,31H,4,8-14H2,1-3H3,(H,33,39)(H2,32,34,35,38)/t15-,19?,20?,23-/m0/s1. The monoisotopic (exact) mass is 609 g/mol. The number of nitrogens with one attached hydrogen (secondary N) is 4. The molecule has 4 atom stereocenters. The van der Waals surface area contributed by atoms with Crippen LogP contribution >= 0.6 is 11.8 Å². The van der Waals surface area contributed by atoms with Crippen molar-refractivity contribution < 1.29 is 36.3 Å². The van der Waals surface area contributed by atoms with E-state index in [0.717, 1.165) is 0 Å². The van der Waals surface area contributed by atoms with Gasteiger partial charge in [0.15, 0.2) is 0 Å². The zero-order valence-electron chi connectivity index (χ0n) is 23.1. The lowest BCUT2D eigenvalue weighted by Gasteiger charge is -2.31. The maximum Gasteiger partial charge on any atom is 0.405 e. The first kappa shape index (κ1) is 32.8. The zero-order valence-corrected chi connectivity index (χ0v) is 23.9. The predicted molar refractivity (Wildman–Crippen MR) is 146 cm³/mol. The Labute approximate surface area is 239 Å². The smallest absolute Gasteiger partial charge is 0.370 e. The lowest BCUT2D eigenvalue weighted by atomic mass is 10.1. The Hall–Kier alpha value is -2.72. The number of likely N-dealkylation sites (N-methyl/N-ethyl adjacent to an activating group) is 2. The third-order valence-corrected chi connectivity index (χ3v) is 8.66. The third kappa shape index (κ3) is 9.39. The fourth-order valence-electron chi connectivity index (χ4n) is 4.64. The second-order valence-electron chi connectivity index (χ2n) is 10.1. The summed E-state index contributed by atoms with van der Waals surface area (Å²) in [7, 11) is 1.46. The van der Waals surface area contributed by atoms with Gasteiger partial charge >= 0.3 is 6.18 Å². The lowest BCUT2D eigenvalue weighted by molar-refractivity contribution is -0.141. The van der Waals surface area contributed by atoms with Gasteiger partial charge in [-0.2, -0.15) is 13.2 Å². The van der Waals surface area contributed by atoms with E-state index >= 15 is 0 Å². The SMILES string of the molecule is CCN1C(=O)C([C@@H](C)CNc2cccc(NC(=O)CN3CCC(F)(F)CC3)n2)S[C@H]1C(NC)C(=O)NCC(F)(F)F. The summed E-state index contributed by atoms with van der Waals surface area (Å²) in [6, 6.07) is 3.92. The van der Waals surface area contributed by atoms with E-state index in [1.54, 1.807) is 30.0 Å². The zero-order chi connectivity index (χ0) is 30.4. The number of pyridine rings is 1. The fourth-order valence-corrected chi connectivity index (χ4v) is 6.38. The summed E-state index contributed by atoms with van der Waals surface area (Å²) in [5.74, 6) is -3.66. The number of likely N-dealkylation sites (tertiary alicyclic amines) is 1. The van der Waals surface area contributed by atoms with Gasteiger partial charge in [-0.05, 0) is 32.0 Å². The molecule has 0 saturated carbocycles. The number of amides is 3. The number of hydrogen-bond donors (Lipinski definition) is 4. The molecule has 0 bridgehead atoms. The van der Waals surface area contributed by atoms with Crippen LogP contribution in [-0.2, 0) is 14.4 Å². The topological polar surface area (TPSA) is 119 Å². The number of aromatic nitrogens is 1. The van der Waals surface area contributed by atoms with Gasteiger partial charge in [-0.15, -0.1) is 11.8 Å². The molecule has 1 aromatic heterocycles. The van der Waals surface area contributed by atoms with Gasteiger partial charge in [0.25, 0.3) is 5.92 Å². The Morgan fingerprint density at radius 1 is 1.20 bits per heavy atom. The number of anilines is 2. The van der Waals surface area contributed by atoms with Gasteiger partial charge in [-0.1, -0.05) is 13.0 Å². The second kappa shape index (κ2) is 14.0. The van der Waals surface area contributed by atoms with Gasteiger partial charge in [0.2, 0.25) is 17.7 Å². The number of halogens is 5. The molecule has 1 aromatic rings. The van der Waals surface area contributed by atoms with Crippen LogP contribution in [0.4, 0.5) is 33.6 Å². The number of hydrogen-bond acceptors (Lipinski definition) is 8. The van der Waals surface area contributed by atoms with Crippen molar-refractivity contribution in [3.63, 3.8) is 0 Å². The average Bonchev–Trinajstić information content (AvgIpc) is 3.23. The first-order chi connectivity index (χ1) is 19.2. The van der Waals surface area contributed by atoms with E-state index in [0.29, 0.717) is 12.4 Å². The van der Waals surface area contributed by atoms with Gasteiger partial charge in [-0.3, -0.25) is 19.3 Å². The number of thioether (sulfide) groups is 1. The van der Waals surface area contributed by atoms with Crippen LogP contribution < -0.4 is 21.3 Å². The largest absolute Gasteiger partial charge is 0.405 e. The molecular weight excluding hydrogens is 573 g/mol. The minimum absolute atomic E-state index is 0.0234. The molecule has 2 saturated heterocycles. The van der Waals surface area contributed by atoms with Crippen LogP contribution in [0.15, 0.2) is 18.2 Å². The van der Waals surface area contributed by atoms with Crippen molar-refractivity contribution >= 4 is 41.1 Å². The Kier molecular flexibility index (Phi) is 11.2. The van der Waals surface area contributed by atoms with Crippen LogP contribution in [0.5, 0.6) is 0 Å². The minimum Gasteiger partial charge on any atom is -0.370 e. The van der Waals surface area contributed by atoms with Crippen molar-refractivity contribution in [2.75, 3.05) is 56.9 Å². The van der Waals surface area contributed by atoms with Crippen LogP contribution in [0.3, 0.4) is 0 Å². The van der Waals surface area contributed by atoms with Gasteiger partial charge in [0, 0.05) is 39.0 Å². The van der Waals surface area contributed by atoms with Crippen molar-refractivity contribution in [3.05, 3.63) is 18.2 Å². The van der Waals surface area contributed by atoms with Gasteiger partial charge in [0.1, 0.15) is 29.6 Å². The summed E-state index contributed by atoms with van der Waals surface area (Å²) in [5.41, 5.74) is 0. The molecule has 0 spiro atoms. The summed E-state index contributed by atoms with van der Waals surface area (Å²) in [6.45, 7) is 2.95. The molecule has 3 heterocycles. The molecule has 16 heteroatoms. The number of carbonyl (C=O) groups is 3. The van der Waals surface area contributed by atoms with E-state index in [1.807, 2.05) is 12.2 Å². The molecule has 2 aliphatic heterocycles. The Morgan fingerprint density at radius 2 is 1.85 bits per heavy atom. The first-order valence-corrected chi connectivity index (χ1v) is 14.3. The fraction of sp³-hybridized carbons (Fsp3) is 0.680. The predicted octanol–water partition coefficient (Wildman–Crippen LogP) is 2.36. The number of piperidine rings is 1. The van der Waals surface area contributed by atoms with E-state index in [9.17, 15) is 36.3 Å². The van der Waals surface area contributed by atoms with Crippen molar-refractivity contribution in [3.8, 4) is 0 Å². The van der Waals surface area contributed by atoms with E-state index < -0.39 is 41.2 Å². The maximum absolute atomic E-state index is 13.3. The summed E-state index contributed by atoms with van der Waals surface area (Å²) in [6.07, 6.45) is -5.12. The lowest BCUT2D eigenvalue weighted by Crippen LogP contribution is -2.55. The number of rotatable bonds is 12. The Bertz CT molecular complexity index is 1070. The van der Waals surface area contributed by atoms with Gasteiger partial charge in [0.05, 0.1) is 11.8 Å². The van der Waals surface area contributed by atoms with Gasteiger partial charge < -0.3 is 26.2 Å². The van der Waals surface area contributed by atoms with Crippen LogP contribution in [0, 0.1) is 5.92 Å². The van der Waals surface area contributed by atoms with Crippen LogP contribution in [0.1, 0.15) is 26.7 Å². The Balaban J connectivity index is 1.55. The van der Waals surface area contributed by atoms with Crippen LogP contribution in [0.25, 0.3) is 0 Å². The van der Waals surface area contributed by atoms with Crippen LogP contribution in [-0.4, -0.2) is 108 Å². The highest BCUT2D eigenvalue weighted by atomic mass is 32.2. The highest BCUT2D eigenvalue weighted by molar-refractivity contribution is 8.01. The molecule has 0 aromatic carbocycles. The molecule has 2 unspecified atom stereocenters. The van der Waals surface area contributed by atoms with E-state index in [-0.39, 0.29) is 62.6 Å². The van der Waals surface area contributed by atoms with Gasteiger partial charge in [-0.25, -0.2) is 13.8 Å². The average molecular weight is 610 g/mol. The molecule has 10 nitrogen and oxygen atoms in total. The highest BCUT2D eigenvalue weighted by Crippen LogP contribution is 2.37. The van der Waals surface area contributed by atoms with Crippen LogP contribution in [0.2, 0.25) is 0 Å². The molecule has 4 N–H and O–H groups in total. The van der Waals surface area contributed by atoms with Crippen molar-refractivity contribution in [1.29, 1.82) is 0 Å². The Morgan fingerprint density at radius 3 is 2.46 bits per heavy atom. The summed E-state index contributed by atoms with van der Waals surface area (Å²) in [4.78, 5) is 45.6. The number of nitrogens with zero attached hydrogens (tertiary/aromatic N) is 3. The number of carbonyl (C=O) groups excluding carboxylic acids is 3. The summed E-state index contributed by atoms with van der Waals surface area (Å²) >= 11 is 1.22. The molecule has 2 fully saturated rings. The highest BCUT2D eigenvalue weighted by Gasteiger charge is 2.47. The molecule has 3 amide bonds. The van der Waals surface area contributed by atoms with Crippen molar-refractivity contribution in [2.24, 2.45) is 5.92 Å². The number of alkyl halides is 5. The third-order valence-electron chi connectivity index (χ3n) is 6.90. The summed E-state index contributed by atoms with van der Waals surface area (Å²) in [5, 5.41) is 9.18. The second-order valence-corrected chi connectivity index (χ2v) is 11.4. The first-order valence-electron chi connectivity index (χ1n) is 13.3. The quantitative estimate of drug-likeness (QED) is 0.267. The van der Waals surface area contributed by atoms with Crippen molar-refractivity contribution in [1.82, 2.24) is 25.4 Å². The molecule has 230 valence electrons. The molecule has 0 aliphatic carbocycles. The van der Waals surface area contributed by atoms with E-state index in [2.05, 4.69) is 20.9 Å². The maximum atomic E-state index is 13.3.